The van der Waals surface area contributed by atoms with Gasteiger partial charge >= 0.3 is 0 Å². The van der Waals surface area contributed by atoms with Crippen molar-refractivity contribution in [3.05, 3.63) is 29.8 Å². The summed E-state index contributed by atoms with van der Waals surface area (Å²) in [6, 6.07) is 8.96. The number of hydrogen-bond acceptors (Lipinski definition) is 3. The lowest BCUT2D eigenvalue weighted by Gasteiger charge is -2.18. The zero-order valence-electron chi connectivity index (χ0n) is 12.2. The van der Waals surface area contributed by atoms with Crippen LogP contribution in [0, 0.1) is 5.92 Å². The highest BCUT2D eigenvalue weighted by Gasteiger charge is 2.23. The van der Waals surface area contributed by atoms with E-state index in [1.165, 1.54) is 24.2 Å². The van der Waals surface area contributed by atoms with E-state index in [9.17, 15) is 0 Å². The molecule has 1 aliphatic carbocycles. The largest absolute Gasteiger partial charge is 0.490 e. The molecule has 0 saturated heterocycles. The lowest BCUT2D eigenvalue weighted by atomic mass is 10.1. The van der Waals surface area contributed by atoms with E-state index < -0.39 is 0 Å². The van der Waals surface area contributed by atoms with Crippen molar-refractivity contribution >= 4 is 11.8 Å². The highest BCUT2D eigenvalue weighted by Crippen LogP contribution is 2.29. The molecule has 2 nitrogen and oxygen atoms in total. The van der Waals surface area contributed by atoms with Crippen molar-refractivity contribution < 1.29 is 4.74 Å². The third kappa shape index (κ3) is 5.07. The van der Waals surface area contributed by atoms with Crippen LogP contribution in [0.15, 0.2) is 24.3 Å². The number of hydrogen-bond donors (Lipinski definition) is 1. The monoisotopic (exact) mass is 279 g/mol. The third-order valence-corrected chi connectivity index (χ3v) is 4.64. The Hall–Kier alpha value is -0.670. The quantitative estimate of drug-likeness (QED) is 0.780. The molecule has 1 atom stereocenters. The van der Waals surface area contributed by atoms with E-state index >= 15 is 0 Å². The topological polar surface area (TPSA) is 21.3 Å². The maximum atomic E-state index is 5.87. The smallest absolute Gasteiger partial charge is 0.120 e. The molecular weight excluding hydrogens is 254 g/mol. The van der Waals surface area contributed by atoms with Crippen LogP contribution in [0.2, 0.25) is 0 Å². The van der Waals surface area contributed by atoms with Crippen LogP contribution >= 0.6 is 11.8 Å². The van der Waals surface area contributed by atoms with Gasteiger partial charge in [0.25, 0.3) is 0 Å². The summed E-state index contributed by atoms with van der Waals surface area (Å²) < 4.78 is 5.87. The van der Waals surface area contributed by atoms with Gasteiger partial charge in [-0.2, -0.15) is 11.8 Å². The predicted molar refractivity (Wildman–Crippen MR) is 84.1 cm³/mol. The maximum absolute atomic E-state index is 5.87. The SMILES string of the molecule is CNC(CSCC(C)C)c1cccc(OC2CC2)c1. The Labute approximate surface area is 121 Å². The average molecular weight is 279 g/mol. The fourth-order valence-electron chi connectivity index (χ4n) is 1.95. The molecule has 0 bridgehead atoms. The van der Waals surface area contributed by atoms with Crippen LogP contribution in [0.4, 0.5) is 0 Å². The minimum atomic E-state index is 0.409. The first kappa shape index (κ1) is 14.7. The van der Waals surface area contributed by atoms with Gasteiger partial charge in [-0.1, -0.05) is 26.0 Å². The Kier molecular flexibility index (Phi) is 5.59. The first-order valence-electron chi connectivity index (χ1n) is 7.20. The molecule has 1 saturated carbocycles. The summed E-state index contributed by atoms with van der Waals surface area (Å²) in [5.41, 5.74) is 1.33. The normalized spacial score (nSPS) is 16.6. The molecule has 1 unspecified atom stereocenters. The molecule has 1 aromatic rings. The van der Waals surface area contributed by atoms with Gasteiger partial charge in [0.15, 0.2) is 0 Å². The fraction of sp³-hybridized carbons (Fsp3) is 0.625. The number of ether oxygens (including phenoxy) is 1. The van der Waals surface area contributed by atoms with Gasteiger partial charge in [0.1, 0.15) is 5.75 Å². The molecule has 1 aliphatic rings. The Balaban J connectivity index is 1.92. The van der Waals surface area contributed by atoms with Crippen molar-refractivity contribution in [2.45, 2.75) is 38.8 Å². The molecular formula is C16H25NOS. The number of nitrogens with one attached hydrogen (secondary N) is 1. The zero-order valence-corrected chi connectivity index (χ0v) is 13.0. The molecule has 0 amide bonds. The predicted octanol–water partition coefficient (Wildman–Crippen LogP) is 3.88. The van der Waals surface area contributed by atoms with E-state index in [0.29, 0.717) is 12.1 Å². The van der Waals surface area contributed by atoms with Gasteiger partial charge in [0.05, 0.1) is 6.10 Å². The first-order valence-corrected chi connectivity index (χ1v) is 8.36. The lowest BCUT2D eigenvalue weighted by Crippen LogP contribution is -2.19. The Morgan fingerprint density at radius 3 is 2.74 bits per heavy atom. The molecule has 0 heterocycles. The Morgan fingerprint density at radius 2 is 2.11 bits per heavy atom. The summed E-state index contributed by atoms with van der Waals surface area (Å²) >= 11 is 2.02. The second kappa shape index (κ2) is 7.20. The van der Waals surface area contributed by atoms with E-state index in [0.717, 1.165) is 17.4 Å². The highest BCUT2D eigenvalue weighted by atomic mass is 32.2. The van der Waals surface area contributed by atoms with Crippen LogP contribution in [-0.4, -0.2) is 24.7 Å². The van der Waals surface area contributed by atoms with Crippen LogP contribution < -0.4 is 10.1 Å². The molecule has 1 N–H and O–H groups in total. The molecule has 0 spiro atoms. The van der Waals surface area contributed by atoms with Crippen molar-refractivity contribution in [3.63, 3.8) is 0 Å². The molecule has 0 radical (unpaired) electrons. The van der Waals surface area contributed by atoms with Crippen molar-refractivity contribution in [1.82, 2.24) is 5.32 Å². The lowest BCUT2D eigenvalue weighted by molar-refractivity contribution is 0.302. The second-order valence-electron chi connectivity index (χ2n) is 5.66. The van der Waals surface area contributed by atoms with Gasteiger partial charge in [-0.15, -0.1) is 0 Å². The standard InChI is InChI=1S/C16H25NOS/c1-12(2)10-19-11-16(17-3)13-5-4-6-15(9-13)18-14-7-8-14/h4-6,9,12,14,16-17H,7-8,10-11H2,1-3H3. The Bertz CT molecular complexity index is 390. The van der Waals surface area contributed by atoms with E-state index in [2.05, 4.69) is 43.4 Å². The number of rotatable bonds is 8. The van der Waals surface area contributed by atoms with E-state index in [4.69, 9.17) is 4.74 Å². The molecule has 0 aliphatic heterocycles. The summed E-state index contributed by atoms with van der Waals surface area (Å²) in [6.45, 7) is 4.54. The summed E-state index contributed by atoms with van der Waals surface area (Å²) in [5.74, 6) is 4.11. The first-order chi connectivity index (χ1) is 9.19. The molecule has 2 rings (SSSR count). The summed E-state index contributed by atoms with van der Waals surface area (Å²) in [4.78, 5) is 0. The molecule has 19 heavy (non-hydrogen) atoms. The van der Waals surface area contributed by atoms with Crippen LogP contribution in [0.1, 0.15) is 38.3 Å². The molecule has 1 fully saturated rings. The van der Waals surface area contributed by atoms with E-state index in [1.54, 1.807) is 0 Å². The van der Waals surface area contributed by atoms with Crippen LogP contribution in [0.5, 0.6) is 5.75 Å². The molecule has 0 aromatic heterocycles. The van der Waals surface area contributed by atoms with Crippen molar-refractivity contribution in [1.29, 1.82) is 0 Å². The minimum absolute atomic E-state index is 0.409. The van der Waals surface area contributed by atoms with Gasteiger partial charge in [-0.3, -0.25) is 0 Å². The van der Waals surface area contributed by atoms with Gasteiger partial charge in [-0.25, -0.2) is 0 Å². The van der Waals surface area contributed by atoms with Gasteiger partial charge in [-0.05, 0) is 49.3 Å². The Morgan fingerprint density at radius 1 is 1.32 bits per heavy atom. The van der Waals surface area contributed by atoms with Crippen molar-refractivity contribution in [2.75, 3.05) is 18.6 Å². The molecule has 106 valence electrons. The van der Waals surface area contributed by atoms with E-state index in [-0.39, 0.29) is 0 Å². The number of thioether (sulfide) groups is 1. The van der Waals surface area contributed by atoms with E-state index in [1.807, 2.05) is 18.8 Å². The van der Waals surface area contributed by atoms with Gasteiger partial charge in [0.2, 0.25) is 0 Å². The molecule has 3 heteroatoms. The minimum Gasteiger partial charge on any atom is -0.490 e. The highest BCUT2D eigenvalue weighted by molar-refractivity contribution is 7.99. The summed E-state index contributed by atoms with van der Waals surface area (Å²) in [5, 5.41) is 3.41. The maximum Gasteiger partial charge on any atom is 0.120 e. The van der Waals surface area contributed by atoms with Crippen LogP contribution in [0.25, 0.3) is 0 Å². The molecule has 1 aromatic carbocycles. The zero-order chi connectivity index (χ0) is 13.7. The van der Waals surface area contributed by atoms with Crippen molar-refractivity contribution in [3.8, 4) is 5.75 Å². The third-order valence-electron chi connectivity index (χ3n) is 3.17. The average Bonchev–Trinajstić information content (AvgIpc) is 3.18. The number of benzene rings is 1. The summed E-state index contributed by atoms with van der Waals surface area (Å²) in [6.07, 6.45) is 2.90. The second-order valence-corrected chi connectivity index (χ2v) is 6.74. The van der Waals surface area contributed by atoms with Crippen LogP contribution in [0.3, 0.4) is 0 Å². The van der Waals surface area contributed by atoms with Gasteiger partial charge < -0.3 is 10.1 Å². The van der Waals surface area contributed by atoms with Gasteiger partial charge in [0, 0.05) is 11.8 Å². The van der Waals surface area contributed by atoms with Crippen molar-refractivity contribution in [2.24, 2.45) is 5.92 Å². The summed E-state index contributed by atoms with van der Waals surface area (Å²) in [7, 11) is 2.04. The van der Waals surface area contributed by atoms with Crippen LogP contribution in [-0.2, 0) is 0 Å². The fourth-order valence-corrected chi connectivity index (χ4v) is 3.15.